The second kappa shape index (κ2) is 8.53. The van der Waals surface area contributed by atoms with Gasteiger partial charge in [-0.25, -0.2) is 4.79 Å². The van der Waals surface area contributed by atoms with Crippen molar-refractivity contribution in [3.63, 3.8) is 0 Å². The van der Waals surface area contributed by atoms with E-state index >= 15 is 0 Å². The van der Waals surface area contributed by atoms with Gasteiger partial charge in [-0.3, -0.25) is 4.79 Å². The zero-order chi connectivity index (χ0) is 23.7. The van der Waals surface area contributed by atoms with E-state index in [-0.39, 0.29) is 11.3 Å². The topological polar surface area (TPSA) is 60.3 Å². The number of hydrogen-bond acceptors (Lipinski definition) is 3. The monoisotopic (exact) mass is 444 g/mol. The van der Waals surface area contributed by atoms with Gasteiger partial charge in [0, 0.05) is 11.4 Å². The van der Waals surface area contributed by atoms with E-state index < -0.39 is 29.3 Å². The summed E-state index contributed by atoms with van der Waals surface area (Å²) < 4.78 is 47.3. The number of alkyl halides is 3. The van der Waals surface area contributed by atoms with Gasteiger partial charge in [0.05, 0.1) is 22.4 Å². The van der Waals surface area contributed by atoms with E-state index in [0.717, 1.165) is 6.07 Å². The van der Waals surface area contributed by atoms with E-state index in [1.807, 2.05) is 0 Å². The standard InChI is InChI=1S/C24H23F3N2O3/c1-15-14-18(16(2)29(15)20-13-9-8-12-19(20)24(25,26)27)21(30)28-23(3,4)32-22(31)17-10-6-5-7-11-17/h5-14H,1-4H3,(H,28,30). The Morgan fingerprint density at radius 1 is 0.938 bits per heavy atom. The molecule has 0 aliphatic carbocycles. The third-order valence-corrected chi connectivity index (χ3v) is 4.90. The Labute approximate surface area is 183 Å². The van der Waals surface area contributed by atoms with Gasteiger partial charge >= 0.3 is 12.1 Å². The lowest BCUT2D eigenvalue weighted by Gasteiger charge is -2.26. The largest absolute Gasteiger partial charge is 0.436 e. The van der Waals surface area contributed by atoms with Gasteiger partial charge < -0.3 is 14.6 Å². The van der Waals surface area contributed by atoms with Crippen LogP contribution in [0.15, 0.2) is 60.7 Å². The Kier molecular flexibility index (Phi) is 6.16. The van der Waals surface area contributed by atoms with Crippen molar-refractivity contribution in [2.75, 3.05) is 0 Å². The van der Waals surface area contributed by atoms with Crippen molar-refractivity contribution in [3.8, 4) is 5.69 Å². The maximum atomic E-state index is 13.5. The van der Waals surface area contributed by atoms with E-state index in [1.54, 1.807) is 44.2 Å². The van der Waals surface area contributed by atoms with Crippen LogP contribution < -0.4 is 5.32 Å². The van der Waals surface area contributed by atoms with Crippen molar-refractivity contribution >= 4 is 11.9 Å². The molecular weight excluding hydrogens is 421 g/mol. The molecule has 0 aliphatic rings. The minimum Gasteiger partial charge on any atom is -0.436 e. The molecular formula is C24H23F3N2O3. The molecule has 0 fully saturated rings. The molecule has 0 atom stereocenters. The van der Waals surface area contributed by atoms with Gasteiger partial charge in [-0.05, 0) is 58.0 Å². The molecule has 1 aromatic heterocycles. The molecule has 3 rings (SSSR count). The second-order valence-electron chi connectivity index (χ2n) is 7.86. The minimum atomic E-state index is -4.55. The van der Waals surface area contributed by atoms with Crippen LogP contribution >= 0.6 is 0 Å². The Morgan fingerprint density at radius 2 is 1.53 bits per heavy atom. The van der Waals surface area contributed by atoms with Gasteiger partial charge in [-0.15, -0.1) is 0 Å². The molecule has 2 aromatic carbocycles. The number of nitrogens with zero attached hydrogens (tertiary/aromatic N) is 1. The van der Waals surface area contributed by atoms with Crippen molar-refractivity contribution in [2.24, 2.45) is 0 Å². The predicted molar refractivity (Wildman–Crippen MR) is 114 cm³/mol. The van der Waals surface area contributed by atoms with E-state index in [9.17, 15) is 22.8 Å². The number of ether oxygens (including phenoxy) is 1. The Balaban J connectivity index is 1.87. The summed E-state index contributed by atoms with van der Waals surface area (Å²) in [7, 11) is 0. The third-order valence-electron chi connectivity index (χ3n) is 4.90. The number of amides is 1. The van der Waals surface area contributed by atoms with Crippen molar-refractivity contribution in [3.05, 3.63) is 88.7 Å². The zero-order valence-corrected chi connectivity index (χ0v) is 18.1. The average Bonchev–Trinajstić information content (AvgIpc) is 3.01. The highest BCUT2D eigenvalue weighted by atomic mass is 19.4. The lowest BCUT2D eigenvalue weighted by molar-refractivity contribution is -0.137. The number of carbonyl (C=O) groups excluding carboxylic acids is 2. The van der Waals surface area contributed by atoms with Gasteiger partial charge in [0.1, 0.15) is 0 Å². The summed E-state index contributed by atoms with van der Waals surface area (Å²) in [5, 5.41) is 2.63. The smallest absolute Gasteiger partial charge is 0.418 e. The van der Waals surface area contributed by atoms with E-state index in [1.165, 1.54) is 42.7 Å². The first kappa shape index (κ1) is 23.1. The number of benzene rings is 2. The van der Waals surface area contributed by atoms with E-state index in [0.29, 0.717) is 17.0 Å². The van der Waals surface area contributed by atoms with Gasteiger partial charge in [0.25, 0.3) is 5.91 Å². The Morgan fingerprint density at radius 3 is 2.16 bits per heavy atom. The highest BCUT2D eigenvalue weighted by molar-refractivity contribution is 5.96. The summed E-state index contributed by atoms with van der Waals surface area (Å²) in [4.78, 5) is 25.3. The predicted octanol–water partition coefficient (Wildman–Crippen LogP) is 5.44. The van der Waals surface area contributed by atoms with Crippen LogP contribution in [0, 0.1) is 13.8 Å². The van der Waals surface area contributed by atoms with Gasteiger partial charge in [-0.2, -0.15) is 13.2 Å². The number of para-hydroxylation sites is 1. The molecule has 1 heterocycles. The molecule has 0 saturated heterocycles. The number of rotatable bonds is 5. The summed E-state index contributed by atoms with van der Waals surface area (Å²) in [5.74, 6) is -1.18. The summed E-state index contributed by atoms with van der Waals surface area (Å²) in [6.45, 7) is 6.23. The van der Waals surface area contributed by atoms with Crippen molar-refractivity contribution in [2.45, 2.75) is 39.6 Å². The van der Waals surface area contributed by atoms with Crippen LogP contribution in [-0.4, -0.2) is 22.2 Å². The second-order valence-corrected chi connectivity index (χ2v) is 7.86. The minimum absolute atomic E-state index is 0.0659. The summed E-state index contributed by atoms with van der Waals surface area (Å²) in [6.07, 6.45) is -4.55. The third kappa shape index (κ3) is 4.85. The first-order valence-corrected chi connectivity index (χ1v) is 9.87. The fourth-order valence-electron chi connectivity index (χ4n) is 3.50. The van der Waals surface area contributed by atoms with Crippen LogP contribution in [0.2, 0.25) is 0 Å². The molecule has 0 radical (unpaired) electrons. The van der Waals surface area contributed by atoms with Crippen LogP contribution in [0.1, 0.15) is 51.5 Å². The fourth-order valence-corrected chi connectivity index (χ4v) is 3.50. The maximum absolute atomic E-state index is 13.5. The van der Waals surface area contributed by atoms with Crippen LogP contribution in [0.25, 0.3) is 5.69 Å². The highest BCUT2D eigenvalue weighted by Crippen LogP contribution is 2.35. The first-order chi connectivity index (χ1) is 14.9. The quantitative estimate of drug-likeness (QED) is 0.421. The summed E-state index contributed by atoms with van der Waals surface area (Å²) in [6, 6.07) is 15.0. The Hall–Kier alpha value is -3.55. The lowest BCUT2D eigenvalue weighted by Crippen LogP contribution is -2.47. The van der Waals surface area contributed by atoms with Gasteiger partial charge in [0.15, 0.2) is 5.72 Å². The summed E-state index contributed by atoms with van der Waals surface area (Å²) in [5.41, 5.74) is -0.906. The molecule has 0 saturated carbocycles. The van der Waals surface area contributed by atoms with Crippen LogP contribution in [-0.2, 0) is 10.9 Å². The molecule has 5 nitrogen and oxygen atoms in total. The molecule has 1 N–H and O–H groups in total. The summed E-state index contributed by atoms with van der Waals surface area (Å²) >= 11 is 0. The molecule has 0 spiro atoms. The lowest BCUT2D eigenvalue weighted by atomic mass is 10.1. The molecule has 32 heavy (non-hydrogen) atoms. The van der Waals surface area contributed by atoms with Gasteiger partial charge in [-0.1, -0.05) is 30.3 Å². The number of halogens is 3. The molecule has 168 valence electrons. The van der Waals surface area contributed by atoms with Crippen molar-refractivity contribution in [1.82, 2.24) is 9.88 Å². The SMILES string of the molecule is Cc1cc(C(=O)NC(C)(C)OC(=O)c2ccccc2)c(C)n1-c1ccccc1C(F)(F)F. The van der Waals surface area contributed by atoms with Crippen LogP contribution in [0.5, 0.6) is 0 Å². The molecule has 0 bridgehead atoms. The van der Waals surface area contributed by atoms with Crippen LogP contribution in [0.3, 0.4) is 0 Å². The molecule has 0 unspecified atom stereocenters. The molecule has 1 amide bonds. The number of nitrogens with one attached hydrogen (secondary N) is 1. The van der Waals surface area contributed by atoms with E-state index in [2.05, 4.69) is 5.32 Å². The fraction of sp³-hybridized carbons (Fsp3) is 0.250. The van der Waals surface area contributed by atoms with Crippen molar-refractivity contribution in [1.29, 1.82) is 0 Å². The van der Waals surface area contributed by atoms with E-state index in [4.69, 9.17) is 4.74 Å². The molecule has 8 heteroatoms. The number of hydrogen-bond donors (Lipinski definition) is 1. The van der Waals surface area contributed by atoms with Crippen LogP contribution in [0.4, 0.5) is 13.2 Å². The van der Waals surface area contributed by atoms with Gasteiger partial charge in [0.2, 0.25) is 0 Å². The normalized spacial score (nSPS) is 11.8. The maximum Gasteiger partial charge on any atom is 0.418 e. The molecule has 0 aliphatic heterocycles. The average molecular weight is 444 g/mol. The molecule has 3 aromatic rings. The first-order valence-electron chi connectivity index (χ1n) is 9.87. The number of esters is 1. The number of aryl methyl sites for hydroxylation is 1. The highest BCUT2D eigenvalue weighted by Gasteiger charge is 2.35. The zero-order valence-electron chi connectivity index (χ0n) is 18.1. The van der Waals surface area contributed by atoms with Crippen molar-refractivity contribution < 1.29 is 27.5 Å². The number of aromatic nitrogens is 1. The number of carbonyl (C=O) groups is 2. The Bertz CT molecular complexity index is 1150.